The topological polar surface area (TPSA) is 54.9 Å². The van der Waals surface area contributed by atoms with Crippen LogP contribution in [0.3, 0.4) is 0 Å². The highest BCUT2D eigenvalue weighted by Crippen LogP contribution is 2.40. The number of guanidine groups is 1. The van der Waals surface area contributed by atoms with Gasteiger partial charge in [0.2, 0.25) is 0 Å². The second-order valence-corrected chi connectivity index (χ2v) is 6.41. The van der Waals surface area contributed by atoms with Crippen molar-refractivity contribution in [2.24, 2.45) is 4.99 Å². The first-order valence-electron chi connectivity index (χ1n) is 8.78. The predicted molar refractivity (Wildman–Crippen MR) is 115 cm³/mol. The predicted octanol–water partition coefficient (Wildman–Crippen LogP) is 4.01. The average molecular weight is 465 g/mol. The summed E-state index contributed by atoms with van der Waals surface area (Å²) in [6, 6.07) is 16.9. The van der Waals surface area contributed by atoms with Gasteiger partial charge in [0.1, 0.15) is 0 Å². The van der Waals surface area contributed by atoms with E-state index in [2.05, 4.69) is 46.0 Å². The highest BCUT2D eigenvalue weighted by atomic mass is 127. The van der Waals surface area contributed by atoms with E-state index < -0.39 is 0 Å². The first kappa shape index (κ1) is 18.8. The fraction of sp³-hybridized carbons (Fsp3) is 0.350. The molecule has 1 saturated carbocycles. The van der Waals surface area contributed by atoms with Crippen molar-refractivity contribution < 1.29 is 9.47 Å². The van der Waals surface area contributed by atoms with Gasteiger partial charge in [0.15, 0.2) is 17.5 Å². The zero-order chi connectivity index (χ0) is 17.1. The smallest absolute Gasteiger partial charge is 0.195 e. The minimum atomic E-state index is 0. The third kappa shape index (κ3) is 4.41. The molecule has 2 atom stereocenters. The van der Waals surface area contributed by atoms with E-state index in [0.717, 1.165) is 36.0 Å². The van der Waals surface area contributed by atoms with E-state index in [4.69, 9.17) is 9.47 Å². The maximum Gasteiger partial charge on any atom is 0.195 e. The highest BCUT2D eigenvalue weighted by Gasteiger charge is 2.38. The Morgan fingerprint density at radius 2 is 1.81 bits per heavy atom. The van der Waals surface area contributed by atoms with Crippen molar-refractivity contribution in [2.45, 2.75) is 24.8 Å². The van der Waals surface area contributed by atoms with Crippen molar-refractivity contribution in [3.8, 4) is 11.5 Å². The highest BCUT2D eigenvalue weighted by molar-refractivity contribution is 14.0. The Kier molecular flexibility index (Phi) is 6.24. The number of ether oxygens (including phenoxy) is 2. The number of fused-ring (bicyclic) bond motifs is 1. The van der Waals surface area contributed by atoms with Gasteiger partial charge in [-0.3, -0.25) is 4.99 Å². The molecule has 0 bridgehead atoms. The summed E-state index contributed by atoms with van der Waals surface area (Å²) in [6.45, 7) is 1.38. The molecule has 26 heavy (non-hydrogen) atoms. The lowest BCUT2D eigenvalue weighted by Gasteiger charge is -2.14. The Morgan fingerprint density at radius 3 is 2.58 bits per heavy atom. The summed E-state index contributed by atoms with van der Waals surface area (Å²) in [4.78, 5) is 4.34. The van der Waals surface area contributed by atoms with Gasteiger partial charge in [-0.1, -0.05) is 30.3 Å². The van der Waals surface area contributed by atoms with Crippen molar-refractivity contribution in [1.29, 1.82) is 0 Å². The molecule has 1 aliphatic heterocycles. The maximum absolute atomic E-state index is 5.75. The minimum Gasteiger partial charge on any atom is -0.490 e. The lowest BCUT2D eigenvalue weighted by atomic mass is 10.1. The van der Waals surface area contributed by atoms with E-state index in [-0.39, 0.29) is 24.0 Å². The summed E-state index contributed by atoms with van der Waals surface area (Å²) in [7, 11) is 1.79. The maximum atomic E-state index is 5.75. The molecule has 4 rings (SSSR count). The van der Waals surface area contributed by atoms with Crippen molar-refractivity contribution in [3.63, 3.8) is 0 Å². The molecule has 2 unspecified atom stereocenters. The van der Waals surface area contributed by atoms with Gasteiger partial charge in [0.05, 0.1) is 13.2 Å². The van der Waals surface area contributed by atoms with Crippen LogP contribution in [-0.4, -0.2) is 32.3 Å². The standard InChI is InChI=1S/C20H23N3O2.HI/c1-21-20(23-17-13-16(17)14-6-3-2-4-7-14)22-15-8-9-18-19(12-15)25-11-5-10-24-18;/h2-4,6-9,12,16-17H,5,10-11,13H2,1H3,(H2,21,22,23);1H. The summed E-state index contributed by atoms with van der Waals surface area (Å²) in [5.74, 6) is 2.92. The molecule has 2 aliphatic rings. The second kappa shape index (κ2) is 8.62. The summed E-state index contributed by atoms with van der Waals surface area (Å²) >= 11 is 0. The number of benzene rings is 2. The van der Waals surface area contributed by atoms with Crippen LogP contribution in [0.15, 0.2) is 53.5 Å². The Bertz CT molecular complexity index is 767. The van der Waals surface area contributed by atoms with Crippen LogP contribution in [0.25, 0.3) is 0 Å². The Balaban J connectivity index is 0.00000196. The molecule has 0 aromatic heterocycles. The van der Waals surface area contributed by atoms with Crippen LogP contribution < -0.4 is 20.1 Å². The van der Waals surface area contributed by atoms with E-state index in [1.165, 1.54) is 5.56 Å². The van der Waals surface area contributed by atoms with Crippen molar-refractivity contribution in [2.75, 3.05) is 25.6 Å². The molecule has 0 radical (unpaired) electrons. The first-order chi connectivity index (χ1) is 12.3. The SMILES string of the molecule is CN=C(Nc1ccc2c(c1)OCCCO2)NC1CC1c1ccccc1.I. The van der Waals surface area contributed by atoms with Crippen LogP contribution in [0.5, 0.6) is 11.5 Å². The van der Waals surface area contributed by atoms with Gasteiger partial charge >= 0.3 is 0 Å². The molecule has 1 fully saturated rings. The van der Waals surface area contributed by atoms with Crippen LogP contribution in [0.2, 0.25) is 0 Å². The number of aliphatic imine (C=N–C) groups is 1. The molecular formula is C20H24IN3O2. The van der Waals surface area contributed by atoms with Gasteiger partial charge in [0.25, 0.3) is 0 Å². The molecule has 1 aliphatic carbocycles. The molecule has 1 heterocycles. The molecule has 0 saturated heterocycles. The van der Waals surface area contributed by atoms with Gasteiger partial charge < -0.3 is 20.1 Å². The fourth-order valence-corrected chi connectivity index (χ4v) is 3.13. The summed E-state index contributed by atoms with van der Waals surface area (Å²) in [6.07, 6.45) is 2.04. The summed E-state index contributed by atoms with van der Waals surface area (Å²) in [5.41, 5.74) is 2.32. The molecule has 2 N–H and O–H groups in total. The molecule has 0 amide bonds. The van der Waals surface area contributed by atoms with E-state index in [1.807, 2.05) is 18.2 Å². The molecule has 2 aromatic carbocycles. The van der Waals surface area contributed by atoms with Gasteiger partial charge in [-0.2, -0.15) is 0 Å². The van der Waals surface area contributed by atoms with Gasteiger partial charge in [-0.25, -0.2) is 0 Å². The Hall–Kier alpha value is -1.96. The summed E-state index contributed by atoms with van der Waals surface area (Å²) in [5, 5.41) is 6.84. The molecule has 2 aromatic rings. The number of anilines is 1. The fourth-order valence-electron chi connectivity index (χ4n) is 3.13. The quantitative estimate of drug-likeness (QED) is 0.409. The van der Waals surface area contributed by atoms with Gasteiger partial charge in [0, 0.05) is 37.2 Å². The van der Waals surface area contributed by atoms with Crippen LogP contribution in [0, 0.1) is 0 Å². The molecule has 138 valence electrons. The van der Waals surface area contributed by atoms with E-state index in [0.29, 0.717) is 25.2 Å². The van der Waals surface area contributed by atoms with Crippen LogP contribution in [0.4, 0.5) is 5.69 Å². The van der Waals surface area contributed by atoms with Gasteiger partial charge in [-0.15, -0.1) is 24.0 Å². The normalized spacial score (nSPS) is 21.2. The zero-order valence-corrected chi connectivity index (χ0v) is 17.1. The molecule has 0 spiro atoms. The third-order valence-corrected chi connectivity index (χ3v) is 4.57. The van der Waals surface area contributed by atoms with Crippen molar-refractivity contribution in [3.05, 3.63) is 54.1 Å². The van der Waals surface area contributed by atoms with Crippen molar-refractivity contribution in [1.82, 2.24) is 5.32 Å². The number of halogens is 1. The number of rotatable bonds is 3. The van der Waals surface area contributed by atoms with Crippen LogP contribution >= 0.6 is 24.0 Å². The largest absolute Gasteiger partial charge is 0.490 e. The average Bonchev–Trinajstić information content (AvgIpc) is 3.44. The third-order valence-electron chi connectivity index (χ3n) is 4.57. The Morgan fingerprint density at radius 1 is 1.04 bits per heavy atom. The molecule has 5 nitrogen and oxygen atoms in total. The first-order valence-corrected chi connectivity index (χ1v) is 8.78. The van der Waals surface area contributed by atoms with Crippen LogP contribution in [0.1, 0.15) is 24.3 Å². The summed E-state index contributed by atoms with van der Waals surface area (Å²) < 4.78 is 11.4. The van der Waals surface area contributed by atoms with E-state index >= 15 is 0 Å². The lowest BCUT2D eigenvalue weighted by Crippen LogP contribution is -2.33. The number of nitrogens with one attached hydrogen (secondary N) is 2. The molecule has 6 heteroatoms. The number of nitrogens with zero attached hydrogens (tertiary/aromatic N) is 1. The molecular weight excluding hydrogens is 441 g/mol. The second-order valence-electron chi connectivity index (χ2n) is 6.41. The van der Waals surface area contributed by atoms with Crippen LogP contribution in [-0.2, 0) is 0 Å². The van der Waals surface area contributed by atoms with E-state index in [1.54, 1.807) is 7.05 Å². The lowest BCUT2D eigenvalue weighted by molar-refractivity contribution is 0.297. The zero-order valence-electron chi connectivity index (χ0n) is 14.8. The number of hydrogen-bond donors (Lipinski definition) is 2. The minimum absolute atomic E-state index is 0. The Labute approximate surface area is 171 Å². The van der Waals surface area contributed by atoms with E-state index in [9.17, 15) is 0 Å². The number of hydrogen-bond acceptors (Lipinski definition) is 3. The monoisotopic (exact) mass is 465 g/mol. The van der Waals surface area contributed by atoms with Crippen molar-refractivity contribution >= 4 is 35.6 Å². The van der Waals surface area contributed by atoms with Gasteiger partial charge in [-0.05, 0) is 24.1 Å².